The van der Waals surface area contributed by atoms with E-state index in [1.54, 1.807) is 12.1 Å². The largest absolute Gasteiger partial charge is 0.347 e. The maximum atomic E-state index is 12.6. The smallest absolute Gasteiger partial charge is 0.253 e. The minimum Gasteiger partial charge on any atom is -0.347 e. The van der Waals surface area contributed by atoms with E-state index in [9.17, 15) is 9.59 Å². The lowest BCUT2D eigenvalue weighted by Crippen LogP contribution is -2.41. The Morgan fingerprint density at radius 3 is 2.44 bits per heavy atom. The highest BCUT2D eigenvalue weighted by Gasteiger charge is 2.57. The van der Waals surface area contributed by atoms with Crippen LogP contribution in [0.15, 0.2) is 24.3 Å². The van der Waals surface area contributed by atoms with Crippen LogP contribution in [0, 0.1) is 11.3 Å². The molecular weight excluding hydrogens is 338 g/mol. The number of para-hydroxylation sites is 1. The molecule has 1 heterocycles. The van der Waals surface area contributed by atoms with Gasteiger partial charge < -0.3 is 16.0 Å². The van der Waals surface area contributed by atoms with Gasteiger partial charge >= 0.3 is 0 Å². The lowest BCUT2D eigenvalue weighted by Gasteiger charge is -2.23. The number of hydrogen-bond acceptors (Lipinski definition) is 3. The molecule has 1 atom stereocenters. The van der Waals surface area contributed by atoms with E-state index in [-0.39, 0.29) is 41.1 Å². The van der Waals surface area contributed by atoms with Gasteiger partial charge in [0, 0.05) is 11.5 Å². The molecule has 6 heteroatoms. The van der Waals surface area contributed by atoms with Crippen LogP contribution in [0.25, 0.3) is 0 Å². The van der Waals surface area contributed by atoms with Gasteiger partial charge in [-0.2, -0.15) is 0 Å². The van der Waals surface area contributed by atoms with Crippen LogP contribution in [0.5, 0.6) is 0 Å². The number of anilines is 1. The second kappa shape index (κ2) is 7.34. The summed E-state index contributed by atoms with van der Waals surface area (Å²) in [5.74, 6) is -0.0305. The number of hydrogen-bond donors (Lipinski definition) is 3. The summed E-state index contributed by atoms with van der Waals surface area (Å²) in [7, 11) is 0. The standard InChI is InChI=1S/C19H27N3O2.ClH/c1-18(2,3)22-16(23)13-6-4-5-7-15(13)21-17(24)14-12-19(14)8-10-20-11-9-19;/h4-7,14,20H,8-12H2,1-3H3,(H,21,24)(H,22,23);1H. The third-order valence-electron chi connectivity index (χ3n) is 5.02. The molecule has 3 N–H and O–H groups in total. The monoisotopic (exact) mass is 365 g/mol. The van der Waals surface area contributed by atoms with E-state index in [2.05, 4.69) is 16.0 Å². The van der Waals surface area contributed by atoms with Gasteiger partial charge in [-0.1, -0.05) is 12.1 Å². The van der Waals surface area contributed by atoms with E-state index in [1.165, 1.54) is 0 Å². The van der Waals surface area contributed by atoms with Gasteiger partial charge in [0.2, 0.25) is 5.91 Å². The van der Waals surface area contributed by atoms with Crippen molar-refractivity contribution in [3.8, 4) is 0 Å². The fourth-order valence-corrected chi connectivity index (χ4v) is 3.61. The summed E-state index contributed by atoms with van der Waals surface area (Å²) in [5.41, 5.74) is 0.989. The van der Waals surface area contributed by atoms with Crippen molar-refractivity contribution in [3.63, 3.8) is 0 Å². The average molecular weight is 366 g/mol. The predicted octanol–water partition coefficient (Wildman–Crippen LogP) is 2.96. The molecule has 1 aromatic rings. The van der Waals surface area contributed by atoms with Gasteiger partial charge in [0.05, 0.1) is 11.3 Å². The molecule has 1 aromatic carbocycles. The van der Waals surface area contributed by atoms with Crippen molar-refractivity contribution < 1.29 is 9.59 Å². The Labute approximate surface area is 155 Å². The Hall–Kier alpha value is -1.59. The van der Waals surface area contributed by atoms with Crippen LogP contribution >= 0.6 is 12.4 Å². The van der Waals surface area contributed by atoms with Crippen molar-refractivity contribution in [1.82, 2.24) is 10.6 Å². The highest BCUT2D eigenvalue weighted by atomic mass is 35.5. The van der Waals surface area contributed by atoms with Gasteiger partial charge in [-0.05, 0) is 70.7 Å². The number of carbonyl (C=O) groups is 2. The Kier molecular flexibility index (Phi) is 5.79. The molecular formula is C19H28ClN3O2. The Bertz CT molecular complexity index is 648. The zero-order valence-electron chi connectivity index (χ0n) is 15.1. The van der Waals surface area contributed by atoms with Crippen molar-refractivity contribution in [2.45, 2.75) is 45.6 Å². The van der Waals surface area contributed by atoms with E-state index in [0.29, 0.717) is 11.3 Å². The molecule has 3 rings (SSSR count). The minimum atomic E-state index is -0.316. The fraction of sp³-hybridized carbons (Fsp3) is 0.579. The first-order valence-corrected chi connectivity index (χ1v) is 8.74. The Balaban J connectivity index is 0.00000225. The summed E-state index contributed by atoms with van der Waals surface area (Å²) in [5, 5.41) is 9.29. The van der Waals surface area contributed by atoms with Crippen molar-refractivity contribution in [2.75, 3.05) is 18.4 Å². The highest BCUT2D eigenvalue weighted by Crippen LogP contribution is 2.58. The number of carbonyl (C=O) groups excluding carboxylic acids is 2. The SMILES string of the molecule is CC(C)(C)NC(=O)c1ccccc1NC(=O)C1CC12CCNCC2.Cl. The third kappa shape index (κ3) is 4.53. The summed E-state index contributed by atoms with van der Waals surface area (Å²) in [6.45, 7) is 7.81. The summed E-state index contributed by atoms with van der Waals surface area (Å²) in [4.78, 5) is 25.1. The normalized spacial score (nSPS) is 21.2. The highest BCUT2D eigenvalue weighted by molar-refractivity contribution is 6.05. The second-order valence-electron chi connectivity index (χ2n) is 8.11. The number of rotatable bonds is 3. The molecule has 1 aliphatic heterocycles. The summed E-state index contributed by atoms with van der Waals surface area (Å²) < 4.78 is 0. The van der Waals surface area contributed by atoms with Gasteiger partial charge in [0.25, 0.3) is 5.91 Å². The second-order valence-corrected chi connectivity index (χ2v) is 8.11. The molecule has 5 nitrogen and oxygen atoms in total. The molecule has 0 radical (unpaired) electrons. The quantitative estimate of drug-likeness (QED) is 0.771. The molecule has 1 aliphatic carbocycles. The van der Waals surface area contributed by atoms with E-state index in [1.807, 2.05) is 32.9 Å². The molecule has 1 unspecified atom stereocenters. The zero-order valence-corrected chi connectivity index (χ0v) is 16.0. The molecule has 25 heavy (non-hydrogen) atoms. The van der Waals surface area contributed by atoms with Gasteiger partial charge in [0.15, 0.2) is 0 Å². The topological polar surface area (TPSA) is 70.2 Å². The Morgan fingerprint density at radius 2 is 1.80 bits per heavy atom. The lowest BCUT2D eigenvalue weighted by molar-refractivity contribution is -0.118. The Morgan fingerprint density at radius 1 is 1.16 bits per heavy atom. The summed E-state index contributed by atoms with van der Waals surface area (Å²) in [6.07, 6.45) is 3.10. The fourth-order valence-electron chi connectivity index (χ4n) is 3.61. The molecule has 2 aliphatic rings. The molecule has 138 valence electrons. The first-order chi connectivity index (χ1) is 11.3. The number of nitrogens with one attached hydrogen (secondary N) is 3. The zero-order chi connectivity index (χ0) is 17.4. The van der Waals surface area contributed by atoms with Crippen molar-refractivity contribution >= 4 is 29.9 Å². The molecule has 1 spiro atoms. The van der Waals surface area contributed by atoms with Gasteiger partial charge in [-0.3, -0.25) is 9.59 Å². The molecule has 1 saturated heterocycles. The van der Waals surface area contributed by atoms with Crippen molar-refractivity contribution in [2.24, 2.45) is 11.3 Å². The van der Waals surface area contributed by atoms with Gasteiger partial charge in [0.1, 0.15) is 0 Å². The predicted molar refractivity (Wildman–Crippen MR) is 102 cm³/mol. The number of piperidine rings is 1. The van der Waals surface area contributed by atoms with E-state index in [4.69, 9.17) is 0 Å². The number of amides is 2. The summed E-state index contributed by atoms with van der Waals surface area (Å²) >= 11 is 0. The van der Waals surface area contributed by atoms with E-state index in [0.717, 1.165) is 32.4 Å². The summed E-state index contributed by atoms with van der Waals surface area (Å²) in [6, 6.07) is 7.21. The molecule has 1 saturated carbocycles. The maximum Gasteiger partial charge on any atom is 0.253 e. The third-order valence-corrected chi connectivity index (χ3v) is 5.02. The maximum absolute atomic E-state index is 12.6. The number of halogens is 1. The van der Waals surface area contributed by atoms with Crippen molar-refractivity contribution in [3.05, 3.63) is 29.8 Å². The van der Waals surface area contributed by atoms with Crippen LogP contribution in [0.1, 0.15) is 50.4 Å². The molecule has 0 bridgehead atoms. The van der Waals surface area contributed by atoms with Crippen LogP contribution in [0.3, 0.4) is 0 Å². The first-order valence-electron chi connectivity index (χ1n) is 8.74. The lowest BCUT2D eigenvalue weighted by atomic mass is 9.91. The molecule has 0 aromatic heterocycles. The van der Waals surface area contributed by atoms with E-state index < -0.39 is 0 Å². The molecule has 2 amide bonds. The van der Waals surface area contributed by atoms with E-state index >= 15 is 0 Å². The van der Waals surface area contributed by atoms with Crippen molar-refractivity contribution in [1.29, 1.82) is 0 Å². The number of benzene rings is 1. The minimum absolute atomic E-state index is 0. The van der Waals surface area contributed by atoms with Crippen LogP contribution in [0.2, 0.25) is 0 Å². The van der Waals surface area contributed by atoms with Gasteiger partial charge in [-0.25, -0.2) is 0 Å². The first kappa shape index (κ1) is 19.7. The van der Waals surface area contributed by atoms with Crippen LogP contribution in [-0.4, -0.2) is 30.4 Å². The van der Waals surface area contributed by atoms with Crippen LogP contribution in [0.4, 0.5) is 5.69 Å². The van der Waals surface area contributed by atoms with Crippen LogP contribution in [-0.2, 0) is 4.79 Å². The molecule has 2 fully saturated rings. The van der Waals surface area contributed by atoms with Crippen LogP contribution < -0.4 is 16.0 Å². The van der Waals surface area contributed by atoms with Gasteiger partial charge in [-0.15, -0.1) is 12.4 Å². The average Bonchev–Trinajstić information content (AvgIpc) is 3.20.